The highest BCUT2D eigenvalue weighted by molar-refractivity contribution is 5.94. The van der Waals surface area contributed by atoms with Crippen molar-refractivity contribution >= 4 is 5.91 Å². The van der Waals surface area contributed by atoms with Crippen molar-refractivity contribution in [2.24, 2.45) is 0 Å². The van der Waals surface area contributed by atoms with Gasteiger partial charge in [-0.15, -0.1) is 0 Å². The predicted molar refractivity (Wildman–Crippen MR) is 103 cm³/mol. The molecule has 2 aromatic carbocycles. The molecule has 1 N–H and O–H groups in total. The van der Waals surface area contributed by atoms with Gasteiger partial charge in [0.2, 0.25) is 0 Å². The van der Waals surface area contributed by atoms with Crippen LogP contribution in [0.2, 0.25) is 0 Å². The fourth-order valence-electron chi connectivity index (χ4n) is 3.13. The molecule has 4 nitrogen and oxygen atoms in total. The lowest BCUT2D eigenvalue weighted by Gasteiger charge is -2.18. The van der Waals surface area contributed by atoms with E-state index in [9.17, 15) is 4.79 Å². The molecule has 1 fully saturated rings. The average molecular weight is 353 g/mol. The van der Waals surface area contributed by atoms with Gasteiger partial charge in [-0.05, 0) is 56.0 Å². The van der Waals surface area contributed by atoms with Gasteiger partial charge in [-0.1, -0.05) is 36.8 Å². The molecule has 2 unspecified atom stereocenters. The third-order valence-electron chi connectivity index (χ3n) is 4.77. The molecule has 1 amide bonds. The van der Waals surface area contributed by atoms with E-state index in [4.69, 9.17) is 9.47 Å². The molecule has 1 aliphatic rings. The Morgan fingerprint density at radius 3 is 2.54 bits per heavy atom. The first kappa shape index (κ1) is 18.5. The minimum Gasteiger partial charge on any atom is -0.491 e. The zero-order chi connectivity index (χ0) is 18.4. The molecule has 1 aliphatic heterocycles. The fourth-order valence-corrected chi connectivity index (χ4v) is 3.13. The highest BCUT2D eigenvalue weighted by Gasteiger charge is 2.17. The number of rotatable bonds is 7. The molecule has 138 valence electrons. The van der Waals surface area contributed by atoms with Crippen molar-refractivity contribution in [2.75, 3.05) is 13.2 Å². The summed E-state index contributed by atoms with van der Waals surface area (Å²) in [6, 6.07) is 15.6. The van der Waals surface area contributed by atoms with Gasteiger partial charge in [-0.25, -0.2) is 0 Å². The molecule has 0 aliphatic carbocycles. The summed E-state index contributed by atoms with van der Waals surface area (Å²) in [6.07, 6.45) is 3.19. The van der Waals surface area contributed by atoms with E-state index in [0.29, 0.717) is 12.2 Å². The van der Waals surface area contributed by atoms with Crippen LogP contribution in [-0.2, 0) is 4.74 Å². The van der Waals surface area contributed by atoms with Crippen LogP contribution in [0.3, 0.4) is 0 Å². The number of amides is 1. The Morgan fingerprint density at radius 1 is 1.19 bits per heavy atom. The highest BCUT2D eigenvalue weighted by Crippen LogP contribution is 2.20. The Labute approximate surface area is 155 Å². The Hall–Kier alpha value is -2.33. The molecular formula is C22H27NO3. The first-order chi connectivity index (χ1) is 12.7. The summed E-state index contributed by atoms with van der Waals surface area (Å²) in [5.41, 5.74) is 2.98. The quantitative estimate of drug-likeness (QED) is 0.801. The van der Waals surface area contributed by atoms with E-state index in [2.05, 4.69) is 43.4 Å². The van der Waals surface area contributed by atoms with Crippen LogP contribution in [-0.4, -0.2) is 25.2 Å². The monoisotopic (exact) mass is 353 g/mol. The summed E-state index contributed by atoms with van der Waals surface area (Å²) < 4.78 is 11.3. The molecule has 4 heteroatoms. The van der Waals surface area contributed by atoms with Crippen LogP contribution in [0.5, 0.6) is 5.75 Å². The highest BCUT2D eigenvalue weighted by atomic mass is 16.5. The number of carbonyl (C=O) groups is 1. The van der Waals surface area contributed by atoms with Crippen LogP contribution in [0.4, 0.5) is 0 Å². The predicted octanol–water partition coefficient (Wildman–Crippen LogP) is 4.43. The van der Waals surface area contributed by atoms with Gasteiger partial charge in [-0.3, -0.25) is 4.79 Å². The van der Waals surface area contributed by atoms with Crippen LogP contribution >= 0.6 is 0 Å². The second kappa shape index (κ2) is 8.86. The third kappa shape index (κ3) is 4.85. The van der Waals surface area contributed by atoms with Gasteiger partial charge in [0.1, 0.15) is 12.4 Å². The van der Waals surface area contributed by atoms with E-state index >= 15 is 0 Å². The zero-order valence-electron chi connectivity index (χ0n) is 15.5. The number of carbonyl (C=O) groups excluding carboxylic acids is 1. The summed E-state index contributed by atoms with van der Waals surface area (Å²) >= 11 is 0. The van der Waals surface area contributed by atoms with Gasteiger partial charge < -0.3 is 14.8 Å². The van der Waals surface area contributed by atoms with Crippen LogP contribution in [0.1, 0.15) is 53.7 Å². The first-order valence-electron chi connectivity index (χ1n) is 9.37. The number of aryl methyl sites for hydroxylation is 1. The molecule has 3 rings (SSSR count). The van der Waals surface area contributed by atoms with E-state index in [0.717, 1.165) is 37.2 Å². The Bertz CT molecular complexity index is 703. The summed E-state index contributed by atoms with van der Waals surface area (Å²) in [5, 5.41) is 3.12. The van der Waals surface area contributed by atoms with Crippen LogP contribution in [0, 0.1) is 6.92 Å². The lowest BCUT2D eigenvalue weighted by atomic mass is 10.0. The van der Waals surface area contributed by atoms with Gasteiger partial charge in [0, 0.05) is 12.2 Å². The zero-order valence-corrected chi connectivity index (χ0v) is 15.5. The molecule has 0 radical (unpaired) electrons. The Morgan fingerprint density at radius 2 is 1.92 bits per heavy atom. The van der Waals surface area contributed by atoms with E-state index in [1.807, 2.05) is 24.3 Å². The molecule has 26 heavy (non-hydrogen) atoms. The lowest BCUT2D eigenvalue weighted by Crippen LogP contribution is -2.28. The van der Waals surface area contributed by atoms with Crippen molar-refractivity contribution in [3.63, 3.8) is 0 Å². The second-order valence-electron chi connectivity index (χ2n) is 6.82. The molecular weight excluding hydrogens is 326 g/mol. The van der Waals surface area contributed by atoms with Crippen molar-refractivity contribution in [2.45, 2.75) is 45.3 Å². The molecule has 0 aromatic heterocycles. The summed E-state index contributed by atoms with van der Waals surface area (Å²) in [6.45, 7) is 5.53. The van der Waals surface area contributed by atoms with Gasteiger partial charge in [-0.2, -0.15) is 0 Å². The van der Waals surface area contributed by atoms with Crippen molar-refractivity contribution < 1.29 is 14.3 Å². The van der Waals surface area contributed by atoms with Crippen LogP contribution in [0.25, 0.3) is 0 Å². The lowest BCUT2D eigenvalue weighted by molar-refractivity contribution is 0.0679. The Kier molecular flexibility index (Phi) is 6.29. The van der Waals surface area contributed by atoms with Gasteiger partial charge >= 0.3 is 0 Å². The number of ether oxygens (including phenoxy) is 2. The normalized spacial score (nSPS) is 17.7. The topological polar surface area (TPSA) is 47.6 Å². The van der Waals surface area contributed by atoms with E-state index in [1.54, 1.807) is 0 Å². The van der Waals surface area contributed by atoms with Crippen LogP contribution < -0.4 is 10.1 Å². The fraction of sp³-hybridized carbons (Fsp3) is 0.409. The number of nitrogens with one attached hydrogen (secondary N) is 1. The molecule has 0 spiro atoms. The smallest absolute Gasteiger partial charge is 0.251 e. The molecule has 0 bridgehead atoms. The molecule has 1 heterocycles. The number of hydrogen-bond donors (Lipinski definition) is 1. The molecule has 2 atom stereocenters. The first-order valence-corrected chi connectivity index (χ1v) is 9.37. The number of benzene rings is 2. The maximum absolute atomic E-state index is 12.6. The molecule has 0 saturated carbocycles. The SMILES string of the molecule is CCC(NC(=O)c1ccc(OCC2CCCO2)cc1)c1ccc(C)cc1. The molecule has 2 aromatic rings. The molecule has 1 saturated heterocycles. The van der Waals surface area contributed by atoms with Crippen molar-refractivity contribution in [3.8, 4) is 5.75 Å². The van der Waals surface area contributed by atoms with Gasteiger partial charge in [0.25, 0.3) is 5.91 Å². The number of hydrogen-bond acceptors (Lipinski definition) is 3. The van der Waals surface area contributed by atoms with E-state index in [-0.39, 0.29) is 18.1 Å². The minimum absolute atomic E-state index is 0.0125. The maximum Gasteiger partial charge on any atom is 0.251 e. The summed E-state index contributed by atoms with van der Waals surface area (Å²) in [7, 11) is 0. The summed E-state index contributed by atoms with van der Waals surface area (Å²) in [5.74, 6) is 0.700. The van der Waals surface area contributed by atoms with Crippen LogP contribution in [0.15, 0.2) is 48.5 Å². The van der Waals surface area contributed by atoms with Gasteiger partial charge in [0.15, 0.2) is 0 Å². The minimum atomic E-state index is -0.0666. The van der Waals surface area contributed by atoms with Crippen molar-refractivity contribution in [3.05, 3.63) is 65.2 Å². The van der Waals surface area contributed by atoms with Crippen molar-refractivity contribution in [1.82, 2.24) is 5.32 Å². The third-order valence-corrected chi connectivity index (χ3v) is 4.77. The second-order valence-corrected chi connectivity index (χ2v) is 6.82. The van der Waals surface area contributed by atoms with E-state index in [1.165, 1.54) is 5.56 Å². The largest absolute Gasteiger partial charge is 0.491 e. The standard InChI is InChI=1S/C22H27NO3/c1-3-21(17-8-6-16(2)7-9-17)23-22(24)18-10-12-19(13-11-18)26-15-20-5-4-14-25-20/h6-13,20-21H,3-5,14-15H2,1-2H3,(H,23,24). The van der Waals surface area contributed by atoms with Gasteiger partial charge in [0.05, 0.1) is 12.1 Å². The average Bonchev–Trinajstić information content (AvgIpc) is 3.19. The maximum atomic E-state index is 12.6. The summed E-state index contributed by atoms with van der Waals surface area (Å²) in [4.78, 5) is 12.6. The Balaban J connectivity index is 1.57. The van der Waals surface area contributed by atoms with Crippen molar-refractivity contribution in [1.29, 1.82) is 0 Å². The van der Waals surface area contributed by atoms with E-state index < -0.39 is 0 Å².